The average Bonchev–Trinajstić information content (AvgIpc) is 2.93. The molecule has 3 rings (SSSR count). The van der Waals surface area contributed by atoms with E-state index in [1.165, 1.54) is 12.1 Å². The fourth-order valence-electron chi connectivity index (χ4n) is 1.90. The van der Waals surface area contributed by atoms with Crippen LogP contribution in [0, 0.1) is 0 Å². The number of aliphatic imine (C=N–C) groups is 1. The minimum Gasteiger partial charge on any atom is -0.370 e. The molecule has 0 amide bonds. The first-order valence-electron chi connectivity index (χ1n) is 4.89. The van der Waals surface area contributed by atoms with Crippen LogP contribution in [0.1, 0.15) is 0 Å². The second-order valence-corrected chi connectivity index (χ2v) is 4.67. The normalized spacial score (nSPS) is 31.9. The van der Waals surface area contributed by atoms with Crippen LogP contribution in [0.3, 0.4) is 0 Å². The summed E-state index contributed by atoms with van der Waals surface area (Å²) in [6.45, 7) is 1.52. The Hall–Kier alpha value is -0.980. The van der Waals surface area contributed by atoms with Crippen molar-refractivity contribution in [1.29, 1.82) is 0 Å². The summed E-state index contributed by atoms with van der Waals surface area (Å²) in [5.74, 6) is 0.697. The topological polar surface area (TPSA) is 74.8 Å². The minimum absolute atomic E-state index is 0.535. The first kappa shape index (κ1) is 10.2. The van der Waals surface area contributed by atoms with Gasteiger partial charge in [0, 0.05) is 6.54 Å². The SMILES string of the molecule is NC1(C2=NCCN2)C(Cl)=CC=C2NSN=C21. The third kappa shape index (κ3) is 1.24. The van der Waals surface area contributed by atoms with Crippen molar-refractivity contribution in [1.82, 2.24) is 10.0 Å². The van der Waals surface area contributed by atoms with Gasteiger partial charge in [-0.25, -0.2) is 0 Å². The summed E-state index contributed by atoms with van der Waals surface area (Å²) in [4.78, 5) is 4.35. The number of allylic oxidation sites excluding steroid dienone is 2. The third-order valence-electron chi connectivity index (χ3n) is 2.74. The van der Waals surface area contributed by atoms with Crippen LogP contribution in [0.5, 0.6) is 0 Å². The molecule has 2 heterocycles. The Balaban J connectivity index is 2.11. The van der Waals surface area contributed by atoms with Gasteiger partial charge in [0.05, 0.1) is 29.4 Å². The summed E-state index contributed by atoms with van der Waals surface area (Å²) in [6.07, 6.45) is 3.67. The maximum absolute atomic E-state index is 6.37. The lowest BCUT2D eigenvalue weighted by molar-refractivity contribution is 0.851. The summed E-state index contributed by atoms with van der Waals surface area (Å²) in [5, 5.41) is 3.70. The molecule has 0 spiro atoms. The first-order valence-corrected chi connectivity index (χ1v) is 6.04. The number of rotatable bonds is 1. The number of fused-ring (bicyclic) bond motifs is 1. The van der Waals surface area contributed by atoms with Crippen LogP contribution >= 0.6 is 23.7 Å². The predicted molar refractivity (Wildman–Crippen MR) is 67.4 cm³/mol. The minimum atomic E-state index is -0.918. The van der Waals surface area contributed by atoms with E-state index < -0.39 is 5.54 Å². The van der Waals surface area contributed by atoms with Crippen molar-refractivity contribution < 1.29 is 0 Å². The van der Waals surface area contributed by atoms with E-state index in [-0.39, 0.29) is 0 Å². The number of amidine groups is 1. The van der Waals surface area contributed by atoms with Gasteiger partial charge < -0.3 is 15.8 Å². The Morgan fingerprint density at radius 2 is 2.38 bits per heavy atom. The summed E-state index contributed by atoms with van der Waals surface area (Å²) >= 11 is 7.48. The van der Waals surface area contributed by atoms with E-state index in [1.54, 1.807) is 6.08 Å². The quantitative estimate of drug-likeness (QED) is 0.590. The highest BCUT2D eigenvalue weighted by molar-refractivity contribution is 7.96. The molecule has 0 saturated heterocycles. The molecule has 0 saturated carbocycles. The Labute approximate surface area is 102 Å². The van der Waals surface area contributed by atoms with Gasteiger partial charge in [-0.1, -0.05) is 11.6 Å². The van der Waals surface area contributed by atoms with Gasteiger partial charge in [-0.2, -0.15) is 4.40 Å². The van der Waals surface area contributed by atoms with E-state index in [0.717, 1.165) is 24.5 Å². The smallest absolute Gasteiger partial charge is 0.155 e. The van der Waals surface area contributed by atoms with Crippen molar-refractivity contribution in [3.05, 3.63) is 22.9 Å². The van der Waals surface area contributed by atoms with Crippen molar-refractivity contribution >= 4 is 35.3 Å². The molecule has 1 aliphatic carbocycles. The number of hydrogen-bond donors (Lipinski definition) is 3. The zero-order valence-corrected chi connectivity index (χ0v) is 9.90. The van der Waals surface area contributed by atoms with Crippen LogP contribution in [0.4, 0.5) is 0 Å². The van der Waals surface area contributed by atoms with Gasteiger partial charge in [-0.3, -0.25) is 4.99 Å². The maximum atomic E-state index is 6.37. The molecule has 1 unspecified atom stereocenters. The summed E-state index contributed by atoms with van der Waals surface area (Å²) in [7, 11) is 0. The molecule has 16 heavy (non-hydrogen) atoms. The molecular weight excluding hydrogens is 246 g/mol. The lowest BCUT2D eigenvalue weighted by Crippen LogP contribution is -2.60. The summed E-state index contributed by atoms with van der Waals surface area (Å²) in [5.41, 5.74) is 7.09. The molecule has 0 fully saturated rings. The van der Waals surface area contributed by atoms with E-state index in [9.17, 15) is 0 Å². The third-order valence-corrected chi connectivity index (χ3v) is 3.75. The van der Waals surface area contributed by atoms with Gasteiger partial charge in [-0.15, -0.1) is 0 Å². The molecule has 4 N–H and O–H groups in total. The van der Waals surface area contributed by atoms with Crippen LogP contribution in [0.25, 0.3) is 0 Å². The summed E-state index contributed by atoms with van der Waals surface area (Å²) < 4.78 is 7.35. The second-order valence-electron chi connectivity index (χ2n) is 3.69. The van der Waals surface area contributed by atoms with Gasteiger partial charge in [0.15, 0.2) is 5.54 Å². The number of hydrogen-bond acceptors (Lipinski definition) is 6. The van der Waals surface area contributed by atoms with Gasteiger partial charge in [0.2, 0.25) is 0 Å². The van der Waals surface area contributed by atoms with Crippen LogP contribution in [0.15, 0.2) is 32.3 Å². The molecule has 0 aromatic heterocycles. The Kier molecular flexibility index (Phi) is 2.24. The van der Waals surface area contributed by atoms with Gasteiger partial charge >= 0.3 is 0 Å². The van der Waals surface area contributed by atoms with Gasteiger partial charge in [0.1, 0.15) is 11.5 Å². The van der Waals surface area contributed by atoms with Crippen molar-refractivity contribution in [3.8, 4) is 0 Å². The van der Waals surface area contributed by atoms with Crippen molar-refractivity contribution in [3.63, 3.8) is 0 Å². The van der Waals surface area contributed by atoms with Crippen LogP contribution in [-0.4, -0.2) is 30.2 Å². The Bertz CT molecular complexity index is 463. The monoisotopic (exact) mass is 255 g/mol. The molecule has 84 valence electrons. The molecule has 5 nitrogen and oxygen atoms in total. The standard InChI is InChI=1S/C9H10ClN5S/c10-6-2-1-5-7(15-16-14-5)9(6,11)8-12-3-4-13-8/h1-2,14H,3-4,11H2,(H,12,13). The number of nitrogens with two attached hydrogens (primary N) is 1. The highest BCUT2D eigenvalue weighted by Gasteiger charge is 2.46. The lowest BCUT2D eigenvalue weighted by Gasteiger charge is -2.31. The van der Waals surface area contributed by atoms with Crippen molar-refractivity contribution in [2.75, 3.05) is 13.1 Å². The molecule has 7 heteroatoms. The van der Waals surface area contributed by atoms with E-state index in [1.807, 2.05) is 6.08 Å². The van der Waals surface area contributed by atoms with Crippen molar-refractivity contribution in [2.24, 2.45) is 15.1 Å². The first-order chi connectivity index (χ1) is 7.73. The van der Waals surface area contributed by atoms with E-state index in [4.69, 9.17) is 17.3 Å². The number of nitrogens with zero attached hydrogens (tertiary/aromatic N) is 2. The van der Waals surface area contributed by atoms with E-state index in [2.05, 4.69) is 19.4 Å². The molecule has 1 atom stereocenters. The fraction of sp³-hybridized carbons (Fsp3) is 0.333. The second kappa shape index (κ2) is 3.51. The Morgan fingerprint density at radius 1 is 1.50 bits per heavy atom. The van der Waals surface area contributed by atoms with Gasteiger partial charge in [0.25, 0.3) is 0 Å². The zero-order valence-electron chi connectivity index (χ0n) is 8.33. The number of nitrogens with one attached hydrogen (secondary N) is 2. The number of halogens is 1. The molecule has 0 bridgehead atoms. The Morgan fingerprint density at radius 3 is 3.12 bits per heavy atom. The average molecular weight is 256 g/mol. The fourth-order valence-corrected chi connectivity index (χ4v) is 2.79. The molecular formula is C9H10ClN5S. The summed E-state index contributed by atoms with van der Waals surface area (Å²) in [6, 6.07) is 0. The van der Waals surface area contributed by atoms with Crippen LogP contribution in [-0.2, 0) is 0 Å². The highest BCUT2D eigenvalue weighted by Crippen LogP contribution is 2.33. The molecule has 0 aromatic carbocycles. The highest BCUT2D eigenvalue weighted by atomic mass is 35.5. The van der Waals surface area contributed by atoms with Crippen LogP contribution in [0.2, 0.25) is 0 Å². The molecule has 2 aliphatic heterocycles. The lowest BCUT2D eigenvalue weighted by atomic mass is 9.86. The molecule has 0 radical (unpaired) electrons. The molecule has 0 aromatic rings. The van der Waals surface area contributed by atoms with E-state index in [0.29, 0.717) is 10.9 Å². The van der Waals surface area contributed by atoms with Crippen molar-refractivity contribution in [2.45, 2.75) is 5.54 Å². The predicted octanol–water partition coefficient (Wildman–Crippen LogP) is 0.313. The molecule has 3 aliphatic rings. The maximum Gasteiger partial charge on any atom is 0.155 e. The largest absolute Gasteiger partial charge is 0.370 e. The van der Waals surface area contributed by atoms with E-state index >= 15 is 0 Å². The van der Waals surface area contributed by atoms with Gasteiger partial charge in [-0.05, 0) is 12.2 Å². The van der Waals surface area contributed by atoms with Crippen LogP contribution < -0.4 is 15.8 Å². The zero-order chi connectivity index (χ0) is 11.2.